The minimum absolute atomic E-state index is 0.146. The number of anilines is 1. The number of carbonyl (C=O) groups excluding carboxylic acids is 1. The van der Waals surface area contributed by atoms with Gasteiger partial charge in [0, 0.05) is 23.8 Å². The van der Waals surface area contributed by atoms with Crippen molar-refractivity contribution in [2.24, 2.45) is 5.92 Å². The van der Waals surface area contributed by atoms with Gasteiger partial charge in [0.05, 0.1) is 11.5 Å². The fourth-order valence-electron chi connectivity index (χ4n) is 4.19. The molecule has 7 nitrogen and oxygen atoms in total. The van der Waals surface area contributed by atoms with Gasteiger partial charge in [0.15, 0.2) is 0 Å². The highest BCUT2D eigenvalue weighted by Gasteiger charge is 2.27. The zero-order chi connectivity index (χ0) is 23.3. The number of aliphatic hydroxyl groups is 1. The number of aryl methyl sites for hydroxylation is 2. The lowest BCUT2D eigenvalue weighted by atomic mass is 9.91. The molecule has 1 fully saturated rings. The molecule has 0 saturated carbocycles. The summed E-state index contributed by atoms with van der Waals surface area (Å²) in [5.74, 6) is 0.0367. The second kappa shape index (κ2) is 10.6. The largest absolute Gasteiger partial charge is 0.395 e. The van der Waals surface area contributed by atoms with Crippen LogP contribution in [-0.4, -0.2) is 56.6 Å². The molecule has 1 aliphatic heterocycles. The Morgan fingerprint density at radius 3 is 2.44 bits per heavy atom. The van der Waals surface area contributed by atoms with Crippen LogP contribution in [-0.2, 0) is 10.0 Å². The highest BCUT2D eigenvalue weighted by molar-refractivity contribution is 7.89. The molecule has 32 heavy (non-hydrogen) atoms. The number of carbonyl (C=O) groups is 1. The number of benzene rings is 2. The van der Waals surface area contributed by atoms with E-state index in [4.69, 9.17) is 5.11 Å². The van der Waals surface area contributed by atoms with Gasteiger partial charge in [0.1, 0.15) is 0 Å². The summed E-state index contributed by atoms with van der Waals surface area (Å²) in [5, 5.41) is 12.0. The van der Waals surface area contributed by atoms with Crippen molar-refractivity contribution in [3.05, 3.63) is 59.2 Å². The quantitative estimate of drug-likeness (QED) is 0.564. The average Bonchev–Trinajstić information content (AvgIpc) is 2.75. The van der Waals surface area contributed by atoms with E-state index in [0.29, 0.717) is 23.4 Å². The third kappa shape index (κ3) is 5.95. The van der Waals surface area contributed by atoms with Crippen LogP contribution >= 0.6 is 0 Å². The van der Waals surface area contributed by atoms with Crippen LogP contribution in [0.3, 0.4) is 0 Å². The molecule has 0 spiro atoms. The minimum Gasteiger partial charge on any atom is -0.395 e. The van der Waals surface area contributed by atoms with Crippen LogP contribution in [0.25, 0.3) is 0 Å². The van der Waals surface area contributed by atoms with Gasteiger partial charge in [-0.3, -0.25) is 4.79 Å². The zero-order valence-electron chi connectivity index (χ0n) is 19.0. The molecule has 0 aromatic heterocycles. The maximum Gasteiger partial charge on any atom is 0.255 e. The first-order valence-electron chi connectivity index (χ1n) is 11.0. The summed E-state index contributed by atoms with van der Waals surface area (Å²) in [7, 11) is -3.68. The molecular weight excluding hydrogens is 426 g/mol. The Morgan fingerprint density at radius 1 is 1.12 bits per heavy atom. The molecule has 0 aliphatic carbocycles. The normalized spacial score (nSPS) is 16.6. The molecule has 2 aromatic carbocycles. The molecule has 174 valence electrons. The summed E-state index contributed by atoms with van der Waals surface area (Å²) < 4.78 is 28.8. The number of aliphatic hydroxyl groups excluding tert-OH is 1. The van der Waals surface area contributed by atoms with Gasteiger partial charge in [-0.15, -0.1) is 0 Å². The van der Waals surface area contributed by atoms with Gasteiger partial charge in [0.25, 0.3) is 5.91 Å². The third-order valence-electron chi connectivity index (χ3n) is 6.24. The molecule has 3 N–H and O–H groups in total. The third-order valence-corrected chi connectivity index (χ3v) is 7.80. The van der Waals surface area contributed by atoms with Crippen molar-refractivity contribution in [2.75, 3.05) is 31.6 Å². The topological polar surface area (TPSA) is 98.7 Å². The highest BCUT2D eigenvalue weighted by Crippen LogP contribution is 2.24. The van der Waals surface area contributed by atoms with Gasteiger partial charge >= 0.3 is 0 Å². The molecule has 0 radical (unpaired) electrons. The number of hydrogen-bond donors (Lipinski definition) is 3. The van der Waals surface area contributed by atoms with E-state index in [9.17, 15) is 13.2 Å². The minimum atomic E-state index is -3.68. The van der Waals surface area contributed by atoms with Crippen LogP contribution in [0.5, 0.6) is 0 Å². The van der Waals surface area contributed by atoms with Gasteiger partial charge in [-0.2, -0.15) is 0 Å². The standard InChI is InChI=1S/C24H33N3O4S/c1-17-6-4-5-7-22(17)24(29)25-23-9-8-21(16-18(23)2)32(30,31)26-19(3)20-10-12-27(13-11-20)14-15-28/h4-9,16,19-20,26,28H,10-15H2,1-3H3,(H,25,29)/t19-/m1/s1. The molecule has 1 heterocycles. The Hall–Kier alpha value is -2.26. The number of piperidine rings is 1. The van der Waals surface area contributed by atoms with Crippen LogP contribution in [0.4, 0.5) is 5.69 Å². The van der Waals surface area contributed by atoms with Gasteiger partial charge in [-0.25, -0.2) is 13.1 Å². The van der Waals surface area contributed by atoms with E-state index in [1.54, 1.807) is 25.1 Å². The Morgan fingerprint density at radius 2 is 1.81 bits per heavy atom. The van der Waals surface area contributed by atoms with Crippen LogP contribution < -0.4 is 10.0 Å². The predicted molar refractivity (Wildman–Crippen MR) is 126 cm³/mol. The van der Waals surface area contributed by atoms with E-state index < -0.39 is 10.0 Å². The first-order chi connectivity index (χ1) is 15.2. The Bertz CT molecular complexity index is 1050. The fourth-order valence-corrected chi connectivity index (χ4v) is 5.58. The maximum absolute atomic E-state index is 13.0. The van der Waals surface area contributed by atoms with E-state index in [2.05, 4.69) is 14.9 Å². The van der Waals surface area contributed by atoms with Crippen molar-refractivity contribution >= 4 is 21.6 Å². The average molecular weight is 460 g/mol. The lowest BCUT2D eigenvalue weighted by Gasteiger charge is -2.34. The van der Waals surface area contributed by atoms with Gasteiger partial charge in [-0.1, -0.05) is 18.2 Å². The number of hydrogen-bond acceptors (Lipinski definition) is 5. The van der Waals surface area contributed by atoms with Crippen LogP contribution in [0, 0.1) is 19.8 Å². The van der Waals surface area contributed by atoms with E-state index in [0.717, 1.165) is 31.5 Å². The molecule has 1 aliphatic rings. The zero-order valence-corrected chi connectivity index (χ0v) is 19.8. The SMILES string of the molecule is Cc1cc(S(=O)(=O)N[C@H](C)C2CCN(CCO)CC2)ccc1NC(=O)c1ccccc1C. The van der Waals surface area contributed by atoms with E-state index >= 15 is 0 Å². The van der Waals surface area contributed by atoms with Crippen molar-refractivity contribution in [1.29, 1.82) is 0 Å². The summed E-state index contributed by atoms with van der Waals surface area (Å²) in [5.41, 5.74) is 2.73. The van der Waals surface area contributed by atoms with Gasteiger partial charge in [0.2, 0.25) is 10.0 Å². The number of nitrogens with one attached hydrogen (secondary N) is 2. The Balaban J connectivity index is 1.65. The van der Waals surface area contributed by atoms with E-state index in [-0.39, 0.29) is 29.4 Å². The first-order valence-corrected chi connectivity index (χ1v) is 12.5. The van der Waals surface area contributed by atoms with Crippen LogP contribution in [0.15, 0.2) is 47.4 Å². The summed E-state index contributed by atoms with van der Waals surface area (Å²) in [6.07, 6.45) is 1.79. The highest BCUT2D eigenvalue weighted by atomic mass is 32.2. The molecule has 3 rings (SSSR count). The maximum atomic E-state index is 13.0. The lowest BCUT2D eigenvalue weighted by Crippen LogP contribution is -2.44. The first kappa shape index (κ1) is 24.4. The summed E-state index contributed by atoms with van der Waals surface area (Å²) in [6, 6.07) is 11.9. The predicted octanol–water partition coefficient (Wildman–Crippen LogP) is 2.93. The van der Waals surface area contributed by atoms with Gasteiger partial charge in [-0.05, 0) is 88.0 Å². The van der Waals surface area contributed by atoms with E-state index in [1.807, 2.05) is 32.0 Å². The van der Waals surface area contributed by atoms with Gasteiger partial charge < -0.3 is 15.3 Å². The summed E-state index contributed by atoms with van der Waals surface area (Å²) in [4.78, 5) is 15.0. The number of likely N-dealkylation sites (tertiary alicyclic amines) is 1. The molecule has 8 heteroatoms. The van der Waals surface area contributed by atoms with Crippen molar-refractivity contribution in [3.8, 4) is 0 Å². The summed E-state index contributed by atoms with van der Waals surface area (Å²) >= 11 is 0. The molecule has 1 atom stereocenters. The molecule has 2 aromatic rings. The van der Waals surface area contributed by atoms with E-state index in [1.165, 1.54) is 6.07 Å². The number of nitrogens with zero attached hydrogens (tertiary/aromatic N) is 1. The Labute approximate surface area is 190 Å². The van der Waals surface area contributed by atoms with Crippen LogP contribution in [0.1, 0.15) is 41.3 Å². The fraction of sp³-hybridized carbons (Fsp3) is 0.458. The molecular formula is C24H33N3O4S. The number of β-amino-alcohol motifs (C(OH)–C–C–N with tert-alkyl or cyclic N) is 1. The number of sulfonamides is 1. The molecule has 1 saturated heterocycles. The van der Waals surface area contributed by atoms with Crippen molar-refractivity contribution in [1.82, 2.24) is 9.62 Å². The Kier molecular flexibility index (Phi) is 8.05. The molecule has 1 amide bonds. The van der Waals surface area contributed by atoms with Crippen LogP contribution in [0.2, 0.25) is 0 Å². The second-order valence-electron chi connectivity index (χ2n) is 8.56. The van der Waals surface area contributed by atoms with Crippen molar-refractivity contribution in [3.63, 3.8) is 0 Å². The molecule has 0 unspecified atom stereocenters. The van der Waals surface area contributed by atoms with Crippen molar-refractivity contribution < 1.29 is 18.3 Å². The monoisotopic (exact) mass is 459 g/mol. The number of amides is 1. The smallest absolute Gasteiger partial charge is 0.255 e. The molecule has 0 bridgehead atoms. The number of rotatable bonds is 8. The summed E-state index contributed by atoms with van der Waals surface area (Å²) in [6.45, 7) is 8.12. The lowest BCUT2D eigenvalue weighted by molar-refractivity contribution is 0.102. The van der Waals surface area contributed by atoms with Crippen molar-refractivity contribution in [2.45, 2.75) is 44.6 Å². The second-order valence-corrected chi connectivity index (χ2v) is 10.3.